The normalized spacial score (nSPS) is 24.4. The average Bonchev–Trinajstić information content (AvgIpc) is 3.51. The Morgan fingerprint density at radius 1 is 1.00 bits per heavy atom. The van der Waals surface area contributed by atoms with E-state index < -0.39 is 5.60 Å². The van der Waals surface area contributed by atoms with Gasteiger partial charge in [0.05, 0.1) is 37.5 Å². The third-order valence-electron chi connectivity index (χ3n) is 9.74. The molecule has 3 fully saturated rings. The van der Waals surface area contributed by atoms with E-state index in [0.717, 1.165) is 30.9 Å². The van der Waals surface area contributed by atoms with Crippen LogP contribution >= 0.6 is 0 Å². The van der Waals surface area contributed by atoms with Crippen LogP contribution < -0.4 is 14.5 Å². The van der Waals surface area contributed by atoms with Crippen LogP contribution in [-0.4, -0.2) is 83.7 Å². The largest absolute Gasteiger partial charge is 0.461 e. The Labute approximate surface area is 243 Å². The van der Waals surface area contributed by atoms with Gasteiger partial charge < -0.3 is 24.4 Å². The zero-order valence-electron chi connectivity index (χ0n) is 24.6. The lowest BCUT2D eigenvalue weighted by Crippen LogP contribution is -2.44. The van der Waals surface area contributed by atoms with Gasteiger partial charge in [-0.3, -0.25) is 4.90 Å². The highest BCUT2D eigenvalue weighted by molar-refractivity contribution is 5.97. The molecule has 0 saturated carbocycles. The van der Waals surface area contributed by atoms with Crippen molar-refractivity contribution in [3.05, 3.63) is 53.2 Å². The van der Waals surface area contributed by atoms with Crippen LogP contribution in [0.4, 0.5) is 11.5 Å². The fourth-order valence-corrected chi connectivity index (χ4v) is 7.72. The molecule has 0 amide bonds. The first kappa shape index (κ1) is 26.9. The summed E-state index contributed by atoms with van der Waals surface area (Å²) in [7, 11) is 0. The molecule has 8 nitrogen and oxygen atoms in total. The van der Waals surface area contributed by atoms with Gasteiger partial charge in [0.15, 0.2) is 0 Å². The van der Waals surface area contributed by atoms with E-state index in [0.29, 0.717) is 45.5 Å². The molecule has 218 valence electrons. The SMILES string of the molecule is CCc1cccc2cccc(N3CCc4c(nc(OCC56CCCN5CCC6)nc4N4CCOCC(C)(O)C4)C3)c12. The molecule has 4 aliphatic heterocycles. The lowest BCUT2D eigenvalue weighted by Gasteiger charge is -2.36. The fraction of sp³-hybridized carbons (Fsp3) is 0.576. The predicted octanol–water partition coefficient (Wildman–Crippen LogP) is 4.35. The van der Waals surface area contributed by atoms with E-state index in [-0.39, 0.29) is 5.54 Å². The lowest BCUT2D eigenvalue weighted by atomic mass is 9.95. The second-order valence-corrected chi connectivity index (χ2v) is 12.8. The van der Waals surface area contributed by atoms with Crippen molar-refractivity contribution in [1.29, 1.82) is 0 Å². The van der Waals surface area contributed by atoms with E-state index in [1.54, 1.807) is 0 Å². The van der Waals surface area contributed by atoms with Crippen LogP contribution in [0.5, 0.6) is 6.01 Å². The number of rotatable bonds is 6. The predicted molar refractivity (Wildman–Crippen MR) is 162 cm³/mol. The number of fused-ring (bicyclic) bond motifs is 3. The van der Waals surface area contributed by atoms with Crippen LogP contribution in [0.2, 0.25) is 0 Å². The summed E-state index contributed by atoms with van der Waals surface area (Å²) in [6.07, 6.45) is 6.69. The van der Waals surface area contributed by atoms with Gasteiger partial charge in [-0.05, 0) is 75.6 Å². The molecule has 5 heterocycles. The number of hydrogen-bond acceptors (Lipinski definition) is 8. The van der Waals surface area contributed by atoms with E-state index in [2.05, 4.69) is 58.0 Å². The molecule has 8 heteroatoms. The summed E-state index contributed by atoms with van der Waals surface area (Å²) in [6, 6.07) is 13.7. The third kappa shape index (κ3) is 5.04. The average molecular weight is 558 g/mol. The Hall–Kier alpha value is -2.94. The van der Waals surface area contributed by atoms with Crippen LogP contribution in [0.1, 0.15) is 56.4 Å². The van der Waals surface area contributed by atoms with Crippen molar-refractivity contribution in [2.24, 2.45) is 0 Å². The molecule has 41 heavy (non-hydrogen) atoms. The zero-order chi connectivity index (χ0) is 28.0. The summed E-state index contributed by atoms with van der Waals surface area (Å²) in [5.41, 5.74) is 4.03. The second-order valence-electron chi connectivity index (χ2n) is 12.8. The van der Waals surface area contributed by atoms with Gasteiger partial charge in [0.1, 0.15) is 18.0 Å². The molecule has 1 unspecified atom stereocenters. The van der Waals surface area contributed by atoms with Crippen LogP contribution in [0, 0.1) is 0 Å². The minimum Gasteiger partial charge on any atom is -0.461 e. The highest BCUT2D eigenvalue weighted by Crippen LogP contribution is 2.40. The summed E-state index contributed by atoms with van der Waals surface area (Å²) >= 11 is 0. The molecule has 2 aromatic carbocycles. The molecule has 4 aliphatic rings. The minimum atomic E-state index is -0.942. The van der Waals surface area contributed by atoms with Gasteiger partial charge in [-0.1, -0.05) is 37.3 Å². The quantitative estimate of drug-likeness (QED) is 0.480. The van der Waals surface area contributed by atoms with E-state index in [1.165, 1.54) is 66.4 Å². The standard InChI is InChI=1S/C33H43N5O3/c1-3-24-8-4-9-25-10-5-11-28(29(24)25)36-17-12-26-27(20-36)34-31(41-23-33-13-6-15-38(33)16-7-14-33)35-30(26)37-18-19-40-22-32(2,39)21-37/h4-5,8-11,39H,3,6-7,12-23H2,1-2H3. The van der Waals surface area contributed by atoms with Gasteiger partial charge in [-0.15, -0.1) is 0 Å². The number of anilines is 2. The van der Waals surface area contributed by atoms with E-state index in [1.807, 2.05) is 6.92 Å². The van der Waals surface area contributed by atoms with Crippen molar-refractivity contribution < 1.29 is 14.6 Å². The summed E-state index contributed by atoms with van der Waals surface area (Å²) in [5, 5.41) is 13.6. The molecule has 1 atom stereocenters. The second kappa shape index (κ2) is 10.7. The number of aryl methyl sites for hydroxylation is 1. The first-order valence-corrected chi connectivity index (χ1v) is 15.5. The van der Waals surface area contributed by atoms with Crippen LogP contribution in [0.3, 0.4) is 0 Å². The Bertz CT molecular complexity index is 1410. The summed E-state index contributed by atoms with van der Waals surface area (Å²) in [5.74, 6) is 0.898. The molecule has 0 bridgehead atoms. The van der Waals surface area contributed by atoms with Crippen molar-refractivity contribution in [2.45, 2.75) is 70.1 Å². The Balaban J connectivity index is 1.25. The number of nitrogens with zero attached hydrogens (tertiary/aromatic N) is 5. The van der Waals surface area contributed by atoms with Crippen molar-refractivity contribution in [3.63, 3.8) is 0 Å². The maximum Gasteiger partial charge on any atom is 0.318 e. The molecule has 3 aromatic rings. The Morgan fingerprint density at radius 2 is 1.80 bits per heavy atom. The Kier molecular flexibility index (Phi) is 7.04. The molecule has 1 aromatic heterocycles. The van der Waals surface area contributed by atoms with Crippen molar-refractivity contribution in [3.8, 4) is 6.01 Å². The van der Waals surface area contributed by atoms with Crippen molar-refractivity contribution in [2.75, 3.05) is 62.3 Å². The molecular formula is C33H43N5O3. The number of ether oxygens (including phenoxy) is 2. The highest BCUT2D eigenvalue weighted by atomic mass is 16.5. The van der Waals surface area contributed by atoms with Gasteiger partial charge in [0, 0.05) is 29.7 Å². The fourth-order valence-electron chi connectivity index (χ4n) is 7.72. The lowest BCUT2D eigenvalue weighted by molar-refractivity contribution is -0.0123. The van der Waals surface area contributed by atoms with Gasteiger partial charge >= 0.3 is 6.01 Å². The first-order valence-electron chi connectivity index (χ1n) is 15.5. The summed E-state index contributed by atoms with van der Waals surface area (Å²) in [6.45, 7) is 10.7. The van der Waals surface area contributed by atoms with Crippen LogP contribution in [0.25, 0.3) is 10.8 Å². The van der Waals surface area contributed by atoms with E-state index >= 15 is 0 Å². The number of aromatic nitrogens is 2. The molecule has 0 radical (unpaired) electrons. The van der Waals surface area contributed by atoms with E-state index in [4.69, 9.17) is 19.4 Å². The summed E-state index contributed by atoms with van der Waals surface area (Å²) < 4.78 is 12.3. The van der Waals surface area contributed by atoms with Crippen molar-refractivity contribution in [1.82, 2.24) is 14.9 Å². The molecule has 7 rings (SSSR count). The third-order valence-corrected chi connectivity index (χ3v) is 9.74. The van der Waals surface area contributed by atoms with E-state index in [9.17, 15) is 5.11 Å². The number of benzene rings is 2. The zero-order valence-corrected chi connectivity index (χ0v) is 24.6. The molecule has 0 aliphatic carbocycles. The molecule has 3 saturated heterocycles. The van der Waals surface area contributed by atoms with Crippen LogP contribution in [0.15, 0.2) is 36.4 Å². The van der Waals surface area contributed by atoms with Crippen molar-refractivity contribution >= 4 is 22.3 Å². The maximum absolute atomic E-state index is 11.0. The number of hydrogen-bond donors (Lipinski definition) is 1. The summed E-state index contributed by atoms with van der Waals surface area (Å²) in [4.78, 5) is 17.4. The number of β-amino-alcohol motifs (C(OH)–C–C–N with tert-alkyl or cyclic N) is 1. The Morgan fingerprint density at radius 3 is 2.61 bits per heavy atom. The highest BCUT2D eigenvalue weighted by Gasteiger charge is 2.45. The van der Waals surface area contributed by atoms with Gasteiger partial charge in [-0.2, -0.15) is 9.97 Å². The topological polar surface area (TPSA) is 74.2 Å². The monoisotopic (exact) mass is 557 g/mol. The van der Waals surface area contributed by atoms with Gasteiger partial charge in [0.2, 0.25) is 0 Å². The smallest absolute Gasteiger partial charge is 0.318 e. The molecular weight excluding hydrogens is 514 g/mol. The van der Waals surface area contributed by atoms with Gasteiger partial charge in [0.25, 0.3) is 0 Å². The maximum atomic E-state index is 11.0. The molecule has 0 spiro atoms. The van der Waals surface area contributed by atoms with Crippen LogP contribution in [-0.2, 0) is 24.1 Å². The minimum absolute atomic E-state index is 0.130. The number of aliphatic hydroxyl groups is 1. The van der Waals surface area contributed by atoms with Gasteiger partial charge in [-0.25, -0.2) is 0 Å². The first-order chi connectivity index (χ1) is 19.9. The molecule has 1 N–H and O–H groups in total.